The number of hydrogen-bond donors (Lipinski definition) is 0. The average molecular weight is 433 g/mol. The van der Waals surface area contributed by atoms with E-state index in [0.29, 0.717) is 40.5 Å². The standard InChI is InChI=1S/C22H28N2O5S/c1-13-18(14(2)23(4)19(13)22(27)28-5)20(25)15(3)24(12-16-8-6-10-29-16)21(26)17-9-7-11-30-17/h7,9,11,15-16H,6,8,10,12H2,1-5H3. The van der Waals surface area contributed by atoms with Crippen molar-refractivity contribution in [3.05, 3.63) is 44.9 Å². The fourth-order valence-electron chi connectivity index (χ4n) is 4.04. The first-order chi connectivity index (χ1) is 14.3. The lowest BCUT2D eigenvalue weighted by molar-refractivity contribution is 0.0413. The highest BCUT2D eigenvalue weighted by atomic mass is 32.1. The number of carbonyl (C=O) groups excluding carboxylic acids is 3. The maximum atomic E-state index is 13.6. The number of amides is 1. The molecular weight excluding hydrogens is 404 g/mol. The van der Waals surface area contributed by atoms with Gasteiger partial charge in [0.05, 0.1) is 24.1 Å². The first-order valence-corrected chi connectivity index (χ1v) is 10.9. The van der Waals surface area contributed by atoms with Gasteiger partial charge in [-0.1, -0.05) is 6.07 Å². The van der Waals surface area contributed by atoms with Gasteiger partial charge in [0.25, 0.3) is 5.91 Å². The van der Waals surface area contributed by atoms with Gasteiger partial charge in [-0.05, 0) is 50.6 Å². The molecule has 0 radical (unpaired) electrons. The molecule has 1 fully saturated rings. The normalized spacial score (nSPS) is 17.0. The minimum Gasteiger partial charge on any atom is -0.464 e. The van der Waals surface area contributed by atoms with Crippen LogP contribution in [0.25, 0.3) is 0 Å². The minimum atomic E-state index is -0.700. The molecule has 2 atom stereocenters. The molecule has 1 amide bonds. The van der Waals surface area contributed by atoms with Crippen LogP contribution in [-0.4, -0.2) is 59.5 Å². The van der Waals surface area contributed by atoms with E-state index in [0.717, 1.165) is 12.8 Å². The third-order valence-electron chi connectivity index (χ3n) is 5.82. The Hall–Kier alpha value is -2.45. The van der Waals surface area contributed by atoms with Gasteiger partial charge in [0.1, 0.15) is 5.69 Å². The molecule has 0 aromatic carbocycles. The molecule has 30 heavy (non-hydrogen) atoms. The van der Waals surface area contributed by atoms with Gasteiger partial charge in [-0.15, -0.1) is 11.3 Å². The lowest BCUT2D eigenvalue weighted by Crippen LogP contribution is -2.47. The van der Waals surface area contributed by atoms with E-state index in [1.54, 1.807) is 43.4 Å². The van der Waals surface area contributed by atoms with Crippen molar-refractivity contribution in [3.63, 3.8) is 0 Å². The Morgan fingerprint density at radius 3 is 2.67 bits per heavy atom. The summed E-state index contributed by atoms with van der Waals surface area (Å²) >= 11 is 1.35. The highest BCUT2D eigenvalue weighted by molar-refractivity contribution is 7.12. The van der Waals surface area contributed by atoms with Crippen LogP contribution in [0.5, 0.6) is 0 Å². The summed E-state index contributed by atoms with van der Waals surface area (Å²) in [6, 6.07) is 2.89. The molecule has 0 N–H and O–H groups in total. The van der Waals surface area contributed by atoms with Gasteiger partial charge in [0.15, 0.2) is 5.78 Å². The summed E-state index contributed by atoms with van der Waals surface area (Å²) in [6.45, 7) is 6.31. The summed E-state index contributed by atoms with van der Waals surface area (Å²) in [5.41, 5.74) is 2.05. The summed E-state index contributed by atoms with van der Waals surface area (Å²) in [4.78, 5) is 41.2. The second kappa shape index (κ2) is 9.14. The zero-order valence-electron chi connectivity index (χ0n) is 18.1. The van der Waals surface area contributed by atoms with Gasteiger partial charge in [-0.3, -0.25) is 9.59 Å². The fraction of sp³-hybridized carbons (Fsp3) is 0.500. The monoisotopic (exact) mass is 432 g/mol. The van der Waals surface area contributed by atoms with E-state index in [1.165, 1.54) is 18.4 Å². The maximum absolute atomic E-state index is 13.6. The molecule has 0 spiro atoms. The van der Waals surface area contributed by atoms with Crippen LogP contribution in [0.3, 0.4) is 0 Å². The Morgan fingerprint density at radius 1 is 1.37 bits per heavy atom. The smallest absolute Gasteiger partial charge is 0.354 e. The second-order valence-electron chi connectivity index (χ2n) is 7.59. The molecule has 0 aliphatic carbocycles. The zero-order chi connectivity index (χ0) is 22.0. The molecule has 2 unspecified atom stereocenters. The molecule has 0 bridgehead atoms. The maximum Gasteiger partial charge on any atom is 0.354 e. The first kappa shape index (κ1) is 22.2. The lowest BCUT2D eigenvalue weighted by atomic mass is 9.99. The van der Waals surface area contributed by atoms with Crippen LogP contribution in [-0.2, 0) is 16.5 Å². The number of ether oxygens (including phenoxy) is 2. The Bertz CT molecular complexity index is 941. The first-order valence-electron chi connectivity index (χ1n) is 10.0. The molecule has 0 saturated carbocycles. The molecule has 3 heterocycles. The molecule has 2 aromatic heterocycles. The molecule has 3 rings (SSSR count). The highest BCUT2D eigenvalue weighted by Crippen LogP contribution is 2.26. The Labute approximate surface area is 180 Å². The zero-order valence-corrected chi connectivity index (χ0v) is 18.9. The molecule has 1 aliphatic heterocycles. The Kier molecular flexibility index (Phi) is 6.77. The molecule has 8 heteroatoms. The van der Waals surface area contributed by atoms with Crippen LogP contribution in [0, 0.1) is 13.8 Å². The number of aromatic nitrogens is 1. The van der Waals surface area contributed by atoms with E-state index in [2.05, 4.69) is 0 Å². The predicted molar refractivity (Wildman–Crippen MR) is 114 cm³/mol. The van der Waals surface area contributed by atoms with Gasteiger partial charge in [0, 0.05) is 31.5 Å². The van der Waals surface area contributed by atoms with Crippen molar-refractivity contribution in [3.8, 4) is 0 Å². The van der Waals surface area contributed by atoms with Crippen molar-refractivity contribution < 1.29 is 23.9 Å². The van der Waals surface area contributed by atoms with Crippen LogP contribution in [0.4, 0.5) is 0 Å². The number of ketones is 1. The highest BCUT2D eigenvalue weighted by Gasteiger charge is 2.34. The largest absolute Gasteiger partial charge is 0.464 e. The number of hydrogen-bond acceptors (Lipinski definition) is 6. The van der Waals surface area contributed by atoms with E-state index >= 15 is 0 Å². The van der Waals surface area contributed by atoms with Crippen molar-refractivity contribution in [1.82, 2.24) is 9.47 Å². The predicted octanol–water partition coefficient (Wildman–Crippen LogP) is 3.38. The van der Waals surface area contributed by atoms with Gasteiger partial charge in [-0.2, -0.15) is 0 Å². The molecule has 2 aromatic rings. The van der Waals surface area contributed by atoms with Crippen molar-refractivity contribution in [2.45, 2.75) is 45.8 Å². The summed E-state index contributed by atoms with van der Waals surface area (Å²) in [6.07, 6.45) is 1.74. The molecule has 1 saturated heterocycles. The number of carbonyl (C=O) groups is 3. The van der Waals surface area contributed by atoms with Crippen molar-refractivity contribution in [2.24, 2.45) is 7.05 Å². The quantitative estimate of drug-likeness (QED) is 0.495. The second-order valence-corrected chi connectivity index (χ2v) is 8.54. The Balaban J connectivity index is 1.96. The minimum absolute atomic E-state index is 0.0761. The summed E-state index contributed by atoms with van der Waals surface area (Å²) in [7, 11) is 3.05. The van der Waals surface area contributed by atoms with Crippen molar-refractivity contribution in [2.75, 3.05) is 20.3 Å². The molecular formula is C22H28N2O5S. The Morgan fingerprint density at radius 2 is 2.10 bits per heavy atom. The SMILES string of the molecule is COC(=O)c1c(C)c(C(=O)C(C)N(CC2CCCO2)C(=O)c2cccs2)c(C)n1C. The summed E-state index contributed by atoms with van der Waals surface area (Å²) in [5, 5.41) is 1.85. The fourth-order valence-corrected chi connectivity index (χ4v) is 4.72. The van der Waals surface area contributed by atoms with Crippen LogP contribution in [0.2, 0.25) is 0 Å². The number of nitrogens with zero attached hydrogens (tertiary/aromatic N) is 2. The van der Waals surface area contributed by atoms with E-state index in [1.807, 2.05) is 11.4 Å². The van der Waals surface area contributed by atoms with E-state index in [-0.39, 0.29) is 17.8 Å². The molecule has 1 aliphatic rings. The van der Waals surface area contributed by atoms with Crippen LogP contribution in [0.15, 0.2) is 17.5 Å². The van der Waals surface area contributed by atoms with E-state index in [9.17, 15) is 14.4 Å². The van der Waals surface area contributed by atoms with Crippen LogP contribution in [0.1, 0.15) is 61.5 Å². The third-order valence-corrected chi connectivity index (χ3v) is 6.68. The van der Waals surface area contributed by atoms with Gasteiger partial charge >= 0.3 is 5.97 Å². The topological polar surface area (TPSA) is 77.8 Å². The number of esters is 1. The number of thiophene rings is 1. The molecule has 162 valence electrons. The summed E-state index contributed by atoms with van der Waals surface area (Å²) in [5.74, 6) is -0.866. The van der Waals surface area contributed by atoms with Gasteiger partial charge in [-0.25, -0.2) is 4.79 Å². The van der Waals surface area contributed by atoms with Gasteiger partial charge in [0.2, 0.25) is 0 Å². The number of Topliss-reactive ketones (excluding diaryl/α,β-unsaturated/α-hetero) is 1. The van der Waals surface area contributed by atoms with Gasteiger partial charge < -0.3 is 18.9 Å². The van der Waals surface area contributed by atoms with E-state index < -0.39 is 12.0 Å². The molecule has 7 nitrogen and oxygen atoms in total. The summed E-state index contributed by atoms with van der Waals surface area (Å²) < 4.78 is 12.3. The van der Waals surface area contributed by atoms with Crippen molar-refractivity contribution >= 4 is 29.0 Å². The number of rotatable bonds is 7. The van der Waals surface area contributed by atoms with Crippen LogP contribution >= 0.6 is 11.3 Å². The lowest BCUT2D eigenvalue weighted by Gasteiger charge is -2.30. The van der Waals surface area contributed by atoms with Crippen molar-refractivity contribution in [1.29, 1.82) is 0 Å². The van der Waals surface area contributed by atoms with Crippen LogP contribution < -0.4 is 0 Å². The average Bonchev–Trinajstić information content (AvgIpc) is 3.47. The van der Waals surface area contributed by atoms with E-state index in [4.69, 9.17) is 9.47 Å². The third kappa shape index (κ3) is 4.06. The number of methoxy groups -OCH3 is 1.